The molecule has 2 fully saturated rings. The molecule has 2 heterocycles. The van der Waals surface area contributed by atoms with Gasteiger partial charge in [0.2, 0.25) is 5.91 Å². The number of rotatable bonds is 11. The van der Waals surface area contributed by atoms with Crippen LogP contribution in [0.15, 0.2) is 108 Å². The number of benzene rings is 2. The number of amides is 4. The lowest BCUT2D eigenvalue weighted by atomic mass is 10.00. The second-order valence-corrected chi connectivity index (χ2v) is 10.2. The molecule has 2 atom stereocenters. The summed E-state index contributed by atoms with van der Waals surface area (Å²) in [4.78, 5) is 44.1. The van der Waals surface area contributed by atoms with Crippen molar-refractivity contribution in [1.29, 1.82) is 0 Å². The topological polar surface area (TPSA) is 91.8 Å². The molecule has 0 saturated carbocycles. The molecule has 0 radical (unpaired) electrons. The molecule has 2 saturated heterocycles. The van der Waals surface area contributed by atoms with Gasteiger partial charge in [-0.3, -0.25) is 19.6 Å². The average molecular weight is 592 g/mol. The van der Waals surface area contributed by atoms with Crippen LogP contribution in [0.4, 0.5) is 4.79 Å². The fourth-order valence-corrected chi connectivity index (χ4v) is 5.11. The van der Waals surface area contributed by atoms with E-state index in [2.05, 4.69) is 28.8 Å². The molecule has 2 aromatic rings. The molecule has 0 spiro atoms. The molecule has 0 bridgehead atoms. The van der Waals surface area contributed by atoms with E-state index >= 15 is 0 Å². The monoisotopic (exact) mass is 591 g/mol. The van der Waals surface area contributed by atoms with Crippen molar-refractivity contribution in [3.63, 3.8) is 0 Å². The zero-order valence-corrected chi connectivity index (χ0v) is 25.0. The van der Waals surface area contributed by atoms with Crippen LogP contribution < -0.4 is 5.32 Å². The zero-order valence-electron chi connectivity index (χ0n) is 25.0. The van der Waals surface area contributed by atoms with Crippen molar-refractivity contribution in [3.05, 3.63) is 114 Å². The van der Waals surface area contributed by atoms with Crippen LogP contribution in [0.3, 0.4) is 0 Å². The minimum atomic E-state index is -0.847. The van der Waals surface area contributed by atoms with Gasteiger partial charge in [-0.25, -0.2) is 4.79 Å². The van der Waals surface area contributed by atoms with Gasteiger partial charge in [0.05, 0.1) is 13.1 Å². The molecule has 10 heteroatoms. The van der Waals surface area contributed by atoms with Crippen molar-refractivity contribution >= 4 is 23.7 Å². The van der Waals surface area contributed by atoms with Gasteiger partial charge in [-0.1, -0.05) is 91.4 Å². The third kappa shape index (κ3) is 7.53. The van der Waals surface area contributed by atoms with Crippen molar-refractivity contribution in [1.82, 2.24) is 30.1 Å². The first kappa shape index (κ1) is 31.6. The number of fused-ring (bicyclic) bond motifs is 1. The van der Waals surface area contributed by atoms with Crippen LogP contribution in [-0.4, -0.2) is 87.9 Å². The summed E-state index contributed by atoms with van der Waals surface area (Å²) < 4.78 is 0. The number of urea groups is 1. The maximum atomic E-state index is 14.1. The molecule has 4 rings (SSSR count). The van der Waals surface area contributed by atoms with Gasteiger partial charge in [0.1, 0.15) is 18.8 Å². The number of hydrogen-bond donors (Lipinski definition) is 1. The van der Waals surface area contributed by atoms with Crippen molar-refractivity contribution in [3.8, 4) is 12.3 Å². The molecule has 10 nitrogen and oxygen atoms in total. The van der Waals surface area contributed by atoms with Gasteiger partial charge in [-0.15, -0.1) is 11.5 Å². The Morgan fingerprint density at radius 3 is 2.52 bits per heavy atom. The quantitative estimate of drug-likeness (QED) is 0.187. The number of nitrogens with zero attached hydrogens (tertiary/aromatic N) is 6. The van der Waals surface area contributed by atoms with Crippen LogP contribution in [0.1, 0.15) is 24.1 Å². The van der Waals surface area contributed by atoms with Gasteiger partial charge < -0.3 is 15.1 Å². The number of allylic oxidation sites excluding steroid dienone is 3. The maximum absolute atomic E-state index is 14.1. The number of piperazine rings is 1. The predicted octanol–water partition coefficient (Wildman–Crippen LogP) is 3.52. The molecule has 0 aliphatic carbocycles. The Balaban J connectivity index is 1.62. The fourth-order valence-electron chi connectivity index (χ4n) is 5.11. The molecule has 1 N–H and O–H groups in total. The molecule has 2 aliphatic rings. The highest BCUT2D eigenvalue weighted by molar-refractivity contribution is 5.92. The van der Waals surface area contributed by atoms with Crippen LogP contribution in [0.5, 0.6) is 0 Å². The van der Waals surface area contributed by atoms with E-state index in [1.54, 1.807) is 27.9 Å². The fraction of sp³-hybridized carbons (Fsp3) is 0.265. The molecule has 0 unspecified atom stereocenters. The van der Waals surface area contributed by atoms with Crippen molar-refractivity contribution < 1.29 is 14.4 Å². The van der Waals surface area contributed by atoms with Crippen LogP contribution in [0, 0.1) is 12.3 Å². The molecule has 2 aliphatic heterocycles. The number of carbonyl (C=O) groups is 3. The summed E-state index contributed by atoms with van der Waals surface area (Å²) in [6.45, 7) is 6.57. The Morgan fingerprint density at radius 1 is 1.16 bits per heavy atom. The summed E-state index contributed by atoms with van der Waals surface area (Å²) in [7, 11) is 1.63. The lowest BCUT2D eigenvalue weighted by molar-refractivity contribution is -0.156. The van der Waals surface area contributed by atoms with E-state index in [9.17, 15) is 14.4 Å². The lowest BCUT2D eigenvalue weighted by Crippen LogP contribution is -2.62. The summed E-state index contributed by atoms with van der Waals surface area (Å²) in [5.41, 5.74) is 2.42. The summed E-state index contributed by atoms with van der Waals surface area (Å²) in [5.74, 6) is 4.95. The average Bonchev–Trinajstić information content (AvgIpc) is 3.37. The van der Waals surface area contributed by atoms with E-state index in [1.165, 1.54) is 16.2 Å². The Labute approximate surface area is 258 Å². The first-order valence-electron chi connectivity index (χ1n) is 14.3. The first-order chi connectivity index (χ1) is 21.4. The molecule has 44 heavy (non-hydrogen) atoms. The number of terminal acetylenes is 1. The van der Waals surface area contributed by atoms with Gasteiger partial charge in [-0.2, -0.15) is 5.01 Å². The molecule has 0 aromatic heterocycles. The lowest BCUT2D eigenvalue weighted by Gasteiger charge is -2.45. The van der Waals surface area contributed by atoms with Crippen LogP contribution >= 0.6 is 0 Å². The van der Waals surface area contributed by atoms with Crippen molar-refractivity contribution in [2.75, 3.05) is 33.2 Å². The van der Waals surface area contributed by atoms with Crippen LogP contribution in [0.2, 0.25) is 0 Å². The summed E-state index contributed by atoms with van der Waals surface area (Å²) in [6.07, 6.45) is 13.6. The minimum absolute atomic E-state index is 0.0369. The highest BCUT2D eigenvalue weighted by Gasteiger charge is 2.52. The van der Waals surface area contributed by atoms with Crippen molar-refractivity contribution in [2.24, 2.45) is 5.10 Å². The van der Waals surface area contributed by atoms with Gasteiger partial charge >= 0.3 is 6.03 Å². The number of hydrazone groups is 1. The molecule has 226 valence electrons. The third-order valence-electron chi connectivity index (χ3n) is 7.32. The van der Waals surface area contributed by atoms with E-state index in [4.69, 9.17) is 6.42 Å². The van der Waals surface area contributed by atoms with Crippen molar-refractivity contribution in [2.45, 2.75) is 25.7 Å². The minimum Gasteiger partial charge on any atom is -0.333 e. The maximum Gasteiger partial charge on any atom is 0.332 e. The molecule has 4 amide bonds. The number of hydrazine groups is 1. The standard InChI is InChI=1S/C34H37N7O3/c1-5-8-15-28(20-21-36-39(7-3)22-6-2)24-38-25-30-40(37(4)34(44)35-23-27-16-11-9-12-17-27)26-31(42)41(30)32(33(38)43)29-18-13-10-14-19-29/h2,5,7-20,30,32H,3,22-26H2,1,4H3,(H,35,44)/b8-5-,28-15+/t30-,32+/m1/s1. The number of nitrogens with one attached hydrogen (secondary N) is 1. The summed E-state index contributed by atoms with van der Waals surface area (Å²) in [5, 5.41) is 11.7. The Morgan fingerprint density at radius 2 is 1.86 bits per heavy atom. The SMILES string of the molecule is C#CCN(C=C)N=C=C/C(=C\C=C/C)CN1C[C@H]2N(C(=O)CN2N(C)C(=O)NCc2ccccc2)[C@@H](c2ccccc2)C1=O. The van der Waals surface area contributed by atoms with Gasteiger partial charge in [0.15, 0.2) is 0 Å². The number of carbonyl (C=O) groups excluding carboxylic acids is 3. The van der Waals surface area contributed by atoms with E-state index in [0.29, 0.717) is 12.1 Å². The van der Waals surface area contributed by atoms with E-state index in [1.807, 2.05) is 85.8 Å². The second-order valence-electron chi connectivity index (χ2n) is 10.2. The third-order valence-corrected chi connectivity index (χ3v) is 7.32. The van der Waals surface area contributed by atoms with Gasteiger partial charge in [-0.05, 0) is 23.6 Å². The van der Waals surface area contributed by atoms with Gasteiger partial charge in [0, 0.05) is 38.3 Å². The first-order valence-corrected chi connectivity index (χ1v) is 14.3. The van der Waals surface area contributed by atoms with Gasteiger partial charge in [0.25, 0.3) is 5.91 Å². The number of hydrogen-bond acceptors (Lipinski definition) is 6. The smallest absolute Gasteiger partial charge is 0.332 e. The zero-order chi connectivity index (χ0) is 31.5. The second kappa shape index (κ2) is 15.2. The summed E-state index contributed by atoms with van der Waals surface area (Å²) >= 11 is 0. The highest BCUT2D eigenvalue weighted by Crippen LogP contribution is 2.35. The summed E-state index contributed by atoms with van der Waals surface area (Å²) in [6, 6.07) is 17.6. The molecule has 2 aromatic carbocycles. The predicted molar refractivity (Wildman–Crippen MR) is 170 cm³/mol. The Kier molecular flexibility index (Phi) is 10.9. The van der Waals surface area contributed by atoms with Crippen LogP contribution in [-0.2, 0) is 16.1 Å². The van der Waals surface area contributed by atoms with E-state index in [0.717, 1.165) is 11.1 Å². The molecular formula is C34H37N7O3. The molecular weight excluding hydrogens is 554 g/mol. The van der Waals surface area contributed by atoms with Crippen LogP contribution in [0.25, 0.3) is 0 Å². The highest BCUT2D eigenvalue weighted by atomic mass is 16.2. The Hall–Kier alpha value is -5.36. The Bertz CT molecular complexity index is 1510. The van der Waals surface area contributed by atoms with E-state index in [-0.39, 0.29) is 44.0 Å². The van der Waals surface area contributed by atoms with E-state index < -0.39 is 12.2 Å². The largest absolute Gasteiger partial charge is 0.333 e. The normalized spacial score (nSPS) is 18.3.